The van der Waals surface area contributed by atoms with Crippen molar-refractivity contribution in [2.24, 2.45) is 7.05 Å². The lowest BCUT2D eigenvalue weighted by molar-refractivity contribution is -0.140. The van der Waals surface area contributed by atoms with Gasteiger partial charge < -0.3 is 9.64 Å². The van der Waals surface area contributed by atoms with Crippen LogP contribution in [0.2, 0.25) is 0 Å². The van der Waals surface area contributed by atoms with Gasteiger partial charge in [-0.2, -0.15) is 18.0 Å². The minimum absolute atomic E-state index is 0.0526. The Labute approximate surface area is 184 Å². The lowest BCUT2D eigenvalue weighted by Crippen LogP contribution is -2.33. The number of nitrogens with zero attached hydrogens (tertiary/aromatic N) is 7. The van der Waals surface area contributed by atoms with Crippen molar-refractivity contribution in [3.63, 3.8) is 0 Å². The van der Waals surface area contributed by atoms with E-state index in [1.807, 2.05) is 13.0 Å². The highest BCUT2D eigenvalue weighted by Gasteiger charge is 2.33. The summed E-state index contributed by atoms with van der Waals surface area (Å²) in [5, 5.41) is 8.17. The van der Waals surface area contributed by atoms with E-state index in [4.69, 9.17) is 4.74 Å². The number of carbonyl (C=O) groups is 1. The third kappa shape index (κ3) is 3.73. The Kier molecular flexibility index (Phi) is 4.73. The molecule has 4 heterocycles. The average Bonchev–Trinajstić information content (AvgIpc) is 3.09. The number of hydrogen-bond acceptors (Lipinski definition) is 7. The fourth-order valence-electron chi connectivity index (χ4n) is 3.63. The van der Waals surface area contributed by atoms with Gasteiger partial charge in [-0.1, -0.05) is 0 Å². The number of pyridine rings is 1. The summed E-state index contributed by atoms with van der Waals surface area (Å²) in [6.07, 6.45) is -3.27. The number of carbonyl (C=O) groups excluding carboxylic acids is 1. The number of amides is 1. The minimum atomic E-state index is -4.54. The Morgan fingerprint density at radius 2 is 1.88 bits per heavy atom. The Balaban J connectivity index is 1.47. The predicted octanol–water partition coefficient (Wildman–Crippen LogP) is 3.19. The van der Waals surface area contributed by atoms with Crippen molar-refractivity contribution in [3.8, 4) is 17.3 Å². The number of benzene rings is 1. The summed E-state index contributed by atoms with van der Waals surface area (Å²) in [6, 6.07) is 7.48. The molecule has 4 aromatic rings. The minimum Gasteiger partial charge on any atom is -0.473 e. The summed E-state index contributed by atoms with van der Waals surface area (Å²) in [7, 11) is 1.61. The molecule has 9 nitrogen and oxygen atoms in total. The van der Waals surface area contributed by atoms with Gasteiger partial charge >= 0.3 is 6.18 Å². The van der Waals surface area contributed by atoms with E-state index in [9.17, 15) is 18.0 Å². The van der Waals surface area contributed by atoms with Crippen LogP contribution in [-0.2, 0) is 13.2 Å². The van der Waals surface area contributed by atoms with Gasteiger partial charge in [0.15, 0.2) is 5.82 Å². The number of ether oxygens (including phenoxy) is 1. The van der Waals surface area contributed by atoms with Crippen molar-refractivity contribution in [2.75, 3.05) is 18.1 Å². The third-order valence-electron chi connectivity index (χ3n) is 5.16. The van der Waals surface area contributed by atoms with Crippen molar-refractivity contribution in [2.45, 2.75) is 13.1 Å². The van der Waals surface area contributed by atoms with Gasteiger partial charge in [0.2, 0.25) is 5.69 Å². The van der Waals surface area contributed by atoms with E-state index < -0.39 is 11.9 Å². The summed E-state index contributed by atoms with van der Waals surface area (Å²) in [5.74, 6) is 0.214. The zero-order valence-corrected chi connectivity index (χ0v) is 17.5. The van der Waals surface area contributed by atoms with Crippen molar-refractivity contribution < 1.29 is 22.7 Å². The predicted molar refractivity (Wildman–Crippen MR) is 111 cm³/mol. The quantitative estimate of drug-likeness (QED) is 0.458. The second-order valence-electron chi connectivity index (χ2n) is 7.44. The van der Waals surface area contributed by atoms with Crippen LogP contribution in [0, 0.1) is 6.92 Å². The van der Waals surface area contributed by atoms with E-state index in [1.54, 1.807) is 24.1 Å². The lowest BCUT2D eigenvalue weighted by Gasteiger charge is -2.22. The van der Waals surface area contributed by atoms with E-state index in [1.165, 1.54) is 17.1 Å². The molecule has 0 atom stereocenters. The first kappa shape index (κ1) is 20.8. The van der Waals surface area contributed by atoms with E-state index in [2.05, 4.69) is 25.1 Å². The normalized spacial score (nSPS) is 14.2. The Morgan fingerprint density at radius 3 is 2.64 bits per heavy atom. The molecule has 0 unspecified atom stereocenters. The fraction of sp³-hybridized carbons (Fsp3) is 0.238. The number of halogens is 3. The molecule has 33 heavy (non-hydrogen) atoms. The second-order valence-corrected chi connectivity index (χ2v) is 7.44. The number of alkyl halides is 3. The summed E-state index contributed by atoms with van der Waals surface area (Å²) in [6.45, 7) is 2.42. The maximum absolute atomic E-state index is 13.0. The van der Waals surface area contributed by atoms with Crippen LogP contribution in [0.5, 0.6) is 5.88 Å². The molecule has 5 rings (SSSR count). The largest absolute Gasteiger partial charge is 0.473 e. The summed E-state index contributed by atoms with van der Waals surface area (Å²) >= 11 is 0. The molecule has 1 aliphatic rings. The van der Waals surface area contributed by atoms with Crippen molar-refractivity contribution in [3.05, 3.63) is 53.5 Å². The molecular formula is C21H16F3N7O2. The molecule has 0 fully saturated rings. The van der Waals surface area contributed by atoms with Crippen LogP contribution < -0.4 is 9.64 Å². The highest BCUT2D eigenvalue weighted by Crippen LogP contribution is 2.31. The van der Waals surface area contributed by atoms with Crippen molar-refractivity contribution >= 4 is 22.6 Å². The monoisotopic (exact) mass is 455 g/mol. The number of anilines is 1. The zero-order valence-electron chi connectivity index (χ0n) is 17.5. The van der Waals surface area contributed by atoms with Gasteiger partial charge in [0.05, 0.1) is 18.3 Å². The van der Waals surface area contributed by atoms with Gasteiger partial charge in [0, 0.05) is 18.3 Å². The summed E-state index contributed by atoms with van der Waals surface area (Å²) < 4.78 is 44.2. The van der Waals surface area contributed by atoms with E-state index >= 15 is 0 Å². The first-order chi connectivity index (χ1) is 15.7. The SMILES string of the molecule is Cc1cc(-c2ncc3nc(C(F)(F)F)ccc3n2)ccc1N1CCOc2nn(C)nc2C1=O. The van der Waals surface area contributed by atoms with Crippen LogP contribution in [0.25, 0.3) is 22.4 Å². The highest BCUT2D eigenvalue weighted by atomic mass is 19.4. The van der Waals surface area contributed by atoms with Crippen molar-refractivity contribution in [1.29, 1.82) is 0 Å². The molecule has 0 N–H and O–H groups in total. The summed E-state index contributed by atoms with van der Waals surface area (Å²) in [5.41, 5.74) is 1.59. The number of aromatic nitrogens is 6. The van der Waals surface area contributed by atoms with Gasteiger partial charge in [-0.25, -0.2) is 15.0 Å². The van der Waals surface area contributed by atoms with E-state index in [0.717, 1.165) is 11.6 Å². The smallest absolute Gasteiger partial charge is 0.433 e. The standard InChI is InChI=1S/C21H16F3N7O2/c1-11-9-12(18-25-10-14-13(27-18)4-6-16(26-14)21(22,23)24)3-5-15(11)31-7-8-33-19-17(20(31)32)28-30(2)29-19/h3-6,9-10H,7-8H2,1-2H3. The molecule has 1 amide bonds. The van der Waals surface area contributed by atoms with Gasteiger partial charge in [-0.3, -0.25) is 4.79 Å². The molecule has 168 valence electrons. The van der Waals surface area contributed by atoms with Gasteiger partial charge in [0.25, 0.3) is 11.8 Å². The molecule has 0 radical (unpaired) electrons. The van der Waals surface area contributed by atoms with Crippen LogP contribution in [0.15, 0.2) is 36.5 Å². The van der Waals surface area contributed by atoms with E-state index in [0.29, 0.717) is 29.1 Å². The van der Waals surface area contributed by atoms with E-state index in [-0.39, 0.29) is 29.6 Å². The van der Waals surface area contributed by atoms with Gasteiger partial charge in [-0.05, 0) is 42.8 Å². The molecule has 12 heteroatoms. The average molecular weight is 455 g/mol. The topological polar surface area (TPSA) is 98.9 Å². The molecule has 1 aromatic carbocycles. The lowest BCUT2D eigenvalue weighted by atomic mass is 10.1. The highest BCUT2D eigenvalue weighted by molar-refractivity contribution is 6.07. The van der Waals surface area contributed by atoms with Crippen LogP contribution in [0.1, 0.15) is 21.7 Å². The molecular weight excluding hydrogens is 439 g/mol. The maximum atomic E-state index is 13.0. The molecule has 0 bridgehead atoms. The number of aryl methyl sites for hydroxylation is 2. The molecule has 0 saturated carbocycles. The first-order valence-corrected chi connectivity index (χ1v) is 9.89. The number of rotatable bonds is 2. The molecule has 0 spiro atoms. The van der Waals surface area contributed by atoms with Gasteiger partial charge in [0.1, 0.15) is 17.8 Å². The third-order valence-corrected chi connectivity index (χ3v) is 5.16. The van der Waals surface area contributed by atoms with Gasteiger partial charge in [-0.15, -0.1) is 10.2 Å². The fourth-order valence-corrected chi connectivity index (χ4v) is 3.63. The van der Waals surface area contributed by atoms with Crippen LogP contribution in [0.4, 0.5) is 18.9 Å². The molecule has 1 aliphatic heterocycles. The second kappa shape index (κ2) is 7.50. The van der Waals surface area contributed by atoms with Crippen LogP contribution >= 0.6 is 0 Å². The Hall–Kier alpha value is -4.09. The zero-order chi connectivity index (χ0) is 23.3. The number of hydrogen-bond donors (Lipinski definition) is 0. The molecule has 0 aliphatic carbocycles. The Morgan fingerprint density at radius 1 is 1.06 bits per heavy atom. The Bertz CT molecular complexity index is 1400. The molecule has 0 saturated heterocycles. The molecule has 3 aromatic heterocycles. The van der Waals surface area contributed by atoms with Crippen LogP contribution in [0.3, 0.4) is 0 Å². The number of fused-ring (bicyclic) bond motifs is 2. The summed E-state index contributed by atoms with van der Waals surface area (Å²) in [4.78, 5) is 28.0. The van der Waals surface area contributed by atoms with Crippen LogP contribution in [-0.4, -0.2) is 49.0 Å². The van der Waals surface area contributed by atoms with Crippen molar-refractivity contribution in [1.82, 2.24) is 29.9 Å². The first-order valence-electron chi connectivity index (χ1n) is 9.89. The maximum Gasteiger partial charge on any atom is 0.433 e.